The second kappa shape index (κ2) is 5.61. The Balaban J connectivity index is 1.99. The standard InChI is InChI=1S/C12H14N4OS/c1-8-5-6-9(18-8)7-14-12(17)10-3-2-4-11(15-10)16-13/h2-6H,7,13H2,1H3,(H,14,17)(H,15,16). The normalized spacial score (nSPS) is 10.1. The van der Waals surface area contributed by atoms with Gasteiger partial charge in [-0.25, -0.2) is 10.8 Å². The van der Waals surface area contributed by atoms with Crippen molar-refractivity contribution in [3.8, 4) is 0 Å². The van der Waals surface area contributed by atoms with Gasteiger partial charge in [0.15, 0.2) is 0 Å². The largest absolute Gasteiger partial charge is 0.346 e. The highest BCUT2D eigenvalue weighted by Crippen LogP contribution is 2.14. The van der Waals surface area contributed by atoms with E-state index < -0.39 is 0 Å². The Morgan fingerprint density at radius 2 is 2.22 bits per heavy atom. The van der Waals surface area contributed by atoms with Gasteiger partial charge in [0, 0.05) is 9.75 Å². The van der Waals surface area contributed by atoms with Crippen LogP contribution in [0, 0.1) is 6.92 Å². The third kappa shape index (κ3) is 3.06. The van der Waals surface area contributed by atoms with Crippen molar-refractivity contribution in [1.29, 1.82) is 0 Å². The van der Waals surface area contributed by atoms with Gasteiger partial charge in [0.05, 0.1) is 6.54 Å². The first-order valence-corrected chi connectivity index (χ1v) is 6.28. The van der Waals surface area contributed by atoms with Crippen LogP contribution in [-0.4, -0.2) is 10.9 Å². The molecule has 0 aliphatic heterocycles. The zero-order chi connectivity index (χ0) is 13.0. The highest BCUT2D eigenvalue weighted by Gasteiger charge is 2.07. The Kier molecular flexibility index (Phi) is 3.91. The fraction of sp³-hybridized carbons (Fsp3) is 0.167. The summed E-state index contributed by atoms with van der Waals surface area (Å²) in [5.74, 6) is 5.50. The van der Waals surface area contributed by atoms with E-state index in [2.05, 4.69) is 15.7 Å². The van der Waals surface area contributed by atoms with E-state index in [1.165, 1.54) is 4.88 Å². The maximum Gasteiger partial charge on any atom is 0.270 e. The number of hydrazine groups is 1. The number of anilines is 1. The van der Waals surface area contributed by atoms with Crippen LogP contribution in [-0.2, 0) is 6.54 Å². The first-order chi connectivity index (χ1) is 8.69. The summed E-state index contributed by atoms with van der Waals surface area (Å²) in [6.45, 7) is 2.55. The molecule has 6 heteroatoms. The van der Waals surface area contributed by atoms with Gasteiger partial charge in [-0.2, -0.15) is 0 Å². The number of carbonyl (C=O) groups excluding carboxylic acids is 1. The predicted octanol–water partition coefficient (Wildman–Crippen LogP) is 1.67. The second-order valence-electron chi connectivity index (χ2n) is 3.75. The van der Waals surface area contributed by atoms with Gasteiger partial charge in [-0.05, 0) is 31.2 Å². The van der Waals surface area contributed by atoms with Gasteiger partial charge in [0.2, 0.25) is 0 Å². The second-order valence-corrected chi connectivity index (χ2v) is 5.12. The third-order valence-corrected chi connectivity index (χ3v) is 3.35. The number of aromatic nitrogens is 1. The minimum atomic E-state index is -0.210. The predicted molar refractivity (Wildman–Crippen MR) is 72.3 cm³/mol. The van der Waals surface area contributed by atoms with Crippen LogP contribution in [0.1, 0.15) is 20.2 Å². The van der Waals surface area contributed by atoms with Crippen molar-refractivity contribution < 1.29 is 4.79 Å². The molecule has 0 aliphatic rings. The van der Waals surface area contributed by atoms with Crippen LogP contribution in [0.4, 0.5) is 5.82 Å². The van der Waals surface area contributed by atoms with Gasteiger partial charge >= 0.3 is 0 Å². The van der Waals surface area contributed by atoms with Crippen molar-refractivity contribution >= 4 is 23.1 Å². The molecule has 0 atom stereocenters. The highest BCUT2D eigenvalue weighted by atomic mass is 32.1. The van der Waals surface area contributed by atoms with Crippen LogP contribution in [0.3, 0.4) is 0 Å². The number of carbonyl (C=O) groups is 1. The Morgan fingerprint density at radius 3 is 2.89 bits per heavy atom. The maximum atomic E-state index is 11.9. The van der Waals surface area contributed by atoms with Crippen LogP contribution in [0.15, 0.2) is 30.3 Å². The van der Waals surface area contributed by atoms with E-state index in [0.29, 0.717) is 18.1 Å². The van der Waals surface area contributed by atoms with E-state index in [9.17, 15) is 4.79 Å². The summed E-state index contributed by atoms with van der Waals surface area (Å²) >= 11 is 1.67. The topological polar surface area (TPSA) is 80.0 Å². The van der Waals surface area contributed by atoms with Crippen LogP contribution in [0.25, 0.3) is 0 Å². The van der Waals surface area contributed by atoms with E-state index in [-0.39, 0.29) is 5.91 Å². The SMILES string of the molecule is Cc1ccc(CNC(=O)c2cccc(NN)n2)s1. The molecule has 0 unspecified atom stereocenters. The van der Waals surface area contributed by atoms with Gasteiger partial charge in [-0.3, -0.25) is 4.79 Å². The van der Waals surface area contributed by atoms with Crippen LogP contribution in [0.2, 0.25) is 0 Å². The lowest BCUT2D eigenvalue weighted by Gasteiger charge is -2.04. The first-order valence-electron chi connectivity index (χ1n) is 5.46. The number of rotatable bonds is 4. The van der Waals surface area contributed by atoms with E-state index in [1.54, 1.807) is 29.5 Å². The molecule has 94 valence electrons. The molecule has 0 spiro atoms. The Morgan fingerprint density at radius 1 is 1.39 bits per heavy atom. The summed E-state index contributed by atoms with van der Waals surface area (Å²) in [4.78, 5) is 18.3. The lowest BCUT2D eigenvalue weighted by Crippen LogP contribution is -2.24. The van der Waals surface area contributed by atoms with Crippen molar-refractivity contribution in [2.75, 3.05) is 5.43 Å². The number of hydrogen-bond donors (Lipinski definition) is 3. The molecule has 0 saturated heterocycles. The van der Waals surface area contributed by atoms with E-state index in [1.807, 2.05) is 19.1 Å². The van der Waals surface area contributed by atoms with Crippen LogP contribution in [0.5, 0.6) is 0 Å². The number of nitrogens with two attached hydrogens (primary N) is 1. The molecule has 5 nitrogen and oxygen atoms in total. The monoisotopic (exact) mass is 262 g/mol. The van der Waals surface area contributed by atoms with Crippen LogP contribution < -0.4 is 16.6 Å². The van der Waals surface area contributed by atoms with Crippen molar-refractivity contribution in [2.24, 2.45) is 5.84 Å². The molecule has 0 radical (unpaired) electrons. The first kappa shape index (κ1) is 12.5. The quantitative estimate of drug-likeness (QED) is 0.578. The highest BCUT2D eigenvalue weighted by molar-refractivity contribution is 7.11. The summed E-state index contributed by atoms with van der Waals surface area (Å²) in [5, 5.41) is 2.82. The summed E-state index contributed by atoms with van der Waals surface area (Å²) in [6, 6.07) is 9.11. The molecule has 2 heterocycles. The molecule has 2 aromatic rings. The molecule has 0 aromatic carbocycles. The van der Waals surface area contributed by atoms with E-state index >= 15 is 0 Å². The molecule has 18 heavy (non-hydrogen) atoms. The molecule has 1 amide bonds. The van der Waals surface area contributed by atoms with Gasteiger partial charge in [0.1, 0.15) is 11.5 Å². The average molecular weight is 262 g/mol. The number of nitrogens with one attached hydrogen (secondary N) is 2. The van der Waals surface area contributed by atoms with Crippen molar-refractivity contribution in [3.05, 3.63) is 45.8 Å². The van der Waals surface area contributed by atoms with E-state index in [4.69, 9.17) is 5.84 Å². The number of nitrogens with zero attached hydrogens (tertiary/aromatic N) is 1. The zero-order valence-corrected chi connectivity index (χ0v) is 10.8. The number of amides is 1. The Labute approximate surface area is 109 Å². The molecular weight excluding hydrogens is 248 g/mol. The number of pyridine rings is 1. The summed E-state index contributed by atoms with van der Waals surface area (Å²) < 4.78 is 0. The number of nitrogen functional groups attached to an aromatic ring is 1. The fourth-order valence-electron chi connectivity index (χ4n) is 1.48. The summed E-state index contributed by atoms with van der Waals surface area (Å²) in [5.41, 5.74) is 2.76. The van der Waals surface area contributed by atoms with E-state index in [0.717, 1.165) is 4.88 Å². The number of thiophene rings is 1. The Hall–Kier alpha value is -1.92. The van der Waals surface area contributed by atoms with Gasteiger partial charge < -0.3 is 10.7 Å². The average Bonchev–Trinajstić information content (AvgIpc) is 2.82. The molecule has 0 fully saturated rings. The van der Waals surface area contributed by atoms with Gasteiger partial charge in [0.25, 0.3) is 5.91 Å². The van der Waals surface area contributed by atoms with Gasteiger partial charge in [-0.1, -0.05) is 6.07 Å². The lowest BCUT2D eigenvalue weighted by molar-refractivity contribution is 0.0946. The molecule has 0 saturated carbocycles. The molecule has 2 aromatic heterocycles. The lowest BCUT2D eigenvalue weighted by atomic mass is 10.3. The molecule has 0 aliphatic carbocycles. The number of hydrogen-bond acceptors (Lipinski definition) is 5. The van der Waals surface area contributed by atoms with Crippen molar-refractivity contribution in [2.45, 2.75) is 13.5 Å². The molecule has 4 N–H and O–H groups in total. The minimum absolute atomic E-state index is 0.210. The van der Waals surface area contributed by atoms with Gasteiger partial charge in [-0.15, -0.1) is 11.3 Å². The summed E-state index contributed by atoms with van der Waals surface area (Å²) in [7, 11) is 0. The smallest absolute Gasteiger partial charge is 0.270 e. The van der Waals surface area contributed by atoms with Crippen molar-refractivity contribution in [1.82, 2.24) is 10.3 Å². The Bertz CT molecular complexity index is 553. The molecule has 2 rings (SSSR count). The molecule has 0 bridgehead atoms. The maximum absolute atomic E-state index is 11.9. The fourth-order valence-corrected chi connectivity index (χ4v) is 2.31. The minimum Gasteiger partial charge on any atom is -0.346 e. The molecular formula is C12H14N4OS. The van der Waals surface area contributed by atoms with Crippen molar-refractivity contribution in [3.63, 3.8) is 0 Å². The summed E-state index contributed by atoms with van der Waals surface area (Å²) in [6.07, 6.45) is 0. The number of aryl methyl sites for hydroxylation is 1. The zero-order valence-electron chi connectivity index (χ0n) is 9.93. The third-order valence-electron chi connectivity index (χ3n) is 2.35. The van der Waals surface area contributed by atoms with Crippen LogP contribution >= 0.6 is 11.3 Å².